The molecule has 1 aromatic rings. The van der Waals surface area contributed by atoms with E-state index < -0.39 is 0 Å². The van der Waals surface area contributed by atoms with Crippen LogP contribution in [0.5, 0.6) is 5.75 Å². The zero-order valence-corrected chi connectivity index (χ0v) is 13.6. The van der Waals surface area contributed by atoms with E-state index in [0.29, 0.717) is 17.4 Å². The lowest BCUT2D eigenvalue weighted by Crippen LogP contribution is -2.36. The van der Waals surface area contributed by atoms with Gasteiger partial charge >= 0.3 is 0 Å². The zero-order chi connectivity index (χ0) is 14.8. The maximum Gasteiger partial charge on any atom is 0.118 e. The van der Waals surface area contributed by atoms with Crippen LogP contribution in [-0.2, 0) is 0 Å². The van der Waals surface area contributed by atoms with Crippen LogP contribution in [0.15, 0.2) is 24.3 Å². The van der Waals surface area contributed by atoms with E-state index in [4.69, 9.17) is 4.74 Å². The van der Waals surface area contributed by atoms with Crippen molar-refractivity contribution in [2.75, 3.05) is 13.7 Å². The Hall–Kier alpha value is -1.02. The molecule has 112 valence electrons. The summed E-state index contributed by atoms with van der Waals surface area (Å²) < 4.78 is 5.25. The minimum Gasteiger partial charge on any atom is -0.497 e. The lowest BCUT2D eigenvalue weighted by Gasteiger charge is -2.32. The lowest BCUT2D eigenvalue weighted by molar-refractivity contribution is 0.224. The average Bonchev–Trinajstić information content (AvgIpc) is 3.24. The highest BCUT2D eigenvalue weighted by atomic mass is 16.5. The second-order valence-corrected chi connectivity index (χ2v) is 7.11. The minimum absolute atomic E-state index is 0.333. The van der Waals surface area contributed by atoms with E-state index >= 15 is 0 Å². The van der Waals surface area contributed by atoms with Crippen molar-refractivity contribution in [3.8, 4) is 5.75 Å². The molecule has 2 nitrogen and oxygen atoms in total. The molecule has 1 fully saturated rings. The molecule has 0 heterocycles. The fourth-order valence-electron chi connectivity index (χ4n) is 2.37. The number of hydrogen-bond donors (Lipinski definition) is 1. The fourth-order valence-corrected chi connectivity index (χ4v) is 2.37. The van der Waals surface area contributed by atoms with E-state index in [2.05, 4.69) is 57.3 Å². The van der Waals surface area contributed by atoms with Crippen molar-refractivity contribution in [2.24, 2.45) is 17.3 Å². The molecule has 0 amide bonds. The molecular formula is C18H29NO. The van der Waals surface area contributed by atoms with Crippen molar-refractivity contribution in [2.45, 2.75) is 46.6 Å². The van der Waals surface area contributed by atoms with Crippen molar-refractivity contribution in [1.82, 2.24) is 5.32 Å². The smallest absolute Gasteiger partial charge is 0.118 e. The zero-order valence-electron chi connectivity index (χ0n) is 13.6. The highest BCUT2D eigenvalue weighted by Gasteiger charge is 2.33. The van der Waals surface area contributed by atoms with Crippen LogP contribution >= 0.6 is 0 Å². The van der Waals surface area contributed by atoms with Crippen LogP contribution in [0.2, 0.25) is 0 Å². The van der Waals surface area contributed by atoms with Crippen LogP contribution in [0.4, 0.5) is 0 Å². The minimum atomic E-state index is 0.333. The quantitative estimate of drug-likeness (QED) is 0.795. The molecule has 1 saturated carbocycles. The first-order valence-electron chi connectivity index (χ1n) is 7.81. The Bertz CT molecular complexity index is 418. The van der Waals surface area contributed by atoms with E-state index in [-0.39, 0.29) is 0 Å². The van der Waals surface area contributed by atoms with Gasteiger partial charge in [0.05, 0.1) is 7.11 Å². The van der Waals surface area contributed by atoms with E-state index in [9.17, 15) is 0 Å². The third-order valence-electron chi connectivity index (χ3n) is 4.91. The van der Waals surface area contributed by atoms with Gasteiger partial charge in [0, 0.05) is 12.6 Å². The van der Waals surface area contributed by atoms with Crippen LogP contribution in [0.3, 0.4) is 0 Å². The lowest BCUT2D eigenvalue weighted by atomic mass is 9.81. The van der Waals surface area contributed by atoms with E-state index in [1.165, 1.54) is 18.4 Å². The molecule has 1 aromatic carbocycles. The summed E-state index contributed by atoms with van der Waals surface area (Å²) in [6, 6.07) is 9.05. The molecule has 1 atom stereocenters. The maximum atomic E-state index is 5.25. The molecule has 1 aliphatic rings. The van der Waals surface area contributed by atoms with Crippen LogP contribution in [0.1, 0.15) is 52.1 Å². The Morgan fingerprint density at radius 2 is 1.80 bits per heavy atom. The highest BCUT2D eigenvalue weighted by Crippen LogP contribution is 2.42. The molecule has 1 N–H and O–H groups in total. The normalized spacial score (nSPS) is 17.3. The summed E-state index contributed by atoms with van der Waals surface area (Å²) in [6.45, 7) is 10.4. The summed E-state index contributed by atoms with van der Waals surface area (Å²) in [5.41, 5.74) is 1.73. The average molecular weight is 275 g/mol. The van der Waals surface area contributed by atoms with Crippen molar-refractivity contribution in [3.63, 3.8) is 0 Å². The second-order valence-electron chi connectivity index (χ2n) is 7.11. The van der Waals surface area contributed by atoms with Gasteiger partial charge in [-0.2, -0.15) is 0 Å². The van der Waals surface area contributed by atoms with Gasteiger partial charge in [-0.1, -0.05) is 39.8 Å². The summed E-state index contributed by atoms with van der Waals surface area (Å²) in [6.07, 6.45) is 2.71. The van der Waals surface area contributed by atoms with Gasteiger partial charge in [0.2, 0.25) is 0 Å². The summed E-state index contributed by atoms with van der Waals surface area (Å²) in [7, 11) is 1.72. The predicted octanol–water partition coefficient (Wildman–Crippen LogP) is 4.42. The van der Waals surface area contributed by atoms with E-state index in [1.54, 1.807) is 7.11 Å². The fraction of sp³-hybridized carbons (Fsp3) is 0.667. The topological polar surface area (TPSA) is 21.3 Å². The van der Waals surface area contributed by atoms with Gasteiger partial charge in [0.1, 0.15) is 5.75 Å². The second kappa shape index (κ2) is 6.17. The largest absolute Gasteiger partial charge is 0.497 e. The first-order valence-corrected chi connectivity index (χ1v) is 7.81. The summed E-state index contributed by atoms with van der Waals surface area (Å²) >= 11 is 0. The Morgan fingerprint density at radius 3 is 2.25 bits per heavy atom. The van der Waals surface area contributed by atoms with Crippen molar-refractivity contribution in [3.05, 3.63) is 29.8 Å². The van der Waals surface area contributed by atoms with E-state index in [0.717, 1.165) is 18.2 Å². The van der Waals surface area contributed by atoms with Gasteiger partial charge in [-0.3, -0.25) is 0 Å². The van der Waals surface area contributed by atoms with Gasteiger partial charge in [0.15, 0.2) is 0 Å². The summed E-state index contributed by atoms with van der Waals surface area (Å²) in [5, 5.41) is 3.82. The van der Waals surface area contributed by atoms with E-state index in [1.807, 2.05) is 0 Å². The Kier molecular flexibility index (Phi) is 4.74. The Labute approximate surface area is 123 Å². The SMILES string of the molecule is COc1ccc(C(NCC(C)(C)C(C)C)C2CC2)cc1. The number of ether oxygens (including phenoxy) is 1. The van der Waals surface area contributed by atoms with Crippen LogP contribution in [0.25, 0.3) is 0 Å². The van der Waals surface area contributed by atoms with Crippen LogP contribution < -0.4 is 10.1 Å². The van der Waals surface area contributed by atoms with Gasteiger partial charge in [-0.15, -0.1) is 0 Å². The standard InChI is InChI=1S/C18H29NO/c1-13(2)18(3,4)12-19-17(14-6-7-14)15-8-10-16(20-5)11-9-15/h8-11,13-14,17,19H,6-7,12H2,1-5H3. The van der Waals surface area contributed by atoms with Crippen molar-refractivity contribution >= 4 is 0 Å². The molecule has 2 rings (SSSR count). The summed E-state index contributed by atoms with van der Waals surface area (Å²) in [4.78, 5) is 0. The Balaban J connectivity index is 2.03. The number of hydrogen-bond acceptors (Lipinski definition) is 2. The Morgan fingerprint density at radius 1 is 1.20 bits per heavy atom. The first-order chi connectivity index (χ1) is 9.44. The molecule has 0 spiro atoms. The van der Waals surface area contributed by atoms with Crippen LogP contribution in [0, 0.1) is 17.3 Å². The molecule has 0 bridgehead atoms. The van der Waals surface area contributed by atoms with Crippen molar-refractivity contribution < 1.29 is 4.74 Å². The van der Waals surface area contributed by atoms with Gasteiger partial charge in [0.25, 0.3) is 0 Å². The predicted molar refractivity (Wildman–Crippen MR) is 85.1 cm³/mol. The van der Waals surface area contributed by atoms with Gasteiger partial charge in [-0.05, 0) is 47.8 Å². The summed E-state index contributed by atoms with van der Waals surface area (Å²) in [5.74, 6) is 2.43. The number of benzene rings is 1. The molecule has 0 aromatic heterocycles. The molecule has 0 saturated heterocycles. The molecule has 1 aliphatic carbocycles. The third-order valence-corrected chi connectivity index (χ3v) is 4.91. The van der Waals surface area contributed by atoms with Crippen molar-refractivity contribution in [1.29, 1.82) is 0 Å². The highest BCUT2D eigenvalue weighted by molar-refractivity contribution is 5.30. The molecule has 0 aliphatic heterocycles. The number of methoxy groups -OCH3 is 1. The molecule has 20 heavy (non-hydrogen) atoms. The number of nitrogens with one attached hydrogen (secondary N) is 1. The van der Waals surface area contributed by atoms with Gasteiger partial charge in [-0.25, -0.2) is 0 Å². The third kappa shape index (κ3) is 3.76. The first kappa shape index (κ1) is 15.4. The molecule has 1 unspecified atom stereocenters. The molecule has 2 heteroatoms. The molecule has 0 radical (unpaired) electrons. The maximum absolute atomic E-state index is 5.25. The molecular weight excluding hydrogens is 246 g/mol. The van der Waals surface area contributed by atoms with Gasteiger partial charge < -0.3 is 10.1 Å². The number of rotatable bonds is 7. The van der Waals surface area contributed by atoms with Crippen LogP contribution in [-0.4, -0.2) is 13.7 Å². The monoisotopic (exact) mass is 275 g/mol.